The van der Waals surface area contributed by atoms with Crippen molar-refractivity contribution in [2.45, 2.75) is 6.92 Å². The highest BCUT2D eigenvalue weighted by Crippen LogP contribution is 2.15. The van der Waals surface area contributed by atoms with Gasteiger partial charge in [0.15, 0.2) is 0 Å². The van der Waals surface area contributed by atoms with Gasteiger partial charge in [-0.3, -0.25) is 0 Å². The van der Waals surface area contributed by atoms with Crippen LogP contribution in [-0.2, 0) is 0 Å². The molecule has 0 spiro atoms. The molecule has 1 heteroatoms. The molecule has 9 heavy (non-hydrogen) atoms. The number of hydrogen-bond donors (Lipinski definition) is 0. The molecule has 0 unspecified atom stereocenters. The van der Waals surface area contributed by atoms with Gasteiger partial charge in [0.1, 0.15) is 0 Å². The normalized spacial score (nSPS) is 9.56. The highest BCUT2D eigenvalue weighted by atomic mass is 35.5. The first-order valence-electron chi connectivity index (χ1n) is 2.77. The Morgan fingerprint density at radius 1 is 1.33 bits per heavy atom. The van der Waals surface area contributed by atoms with E-state index in [4.69, 9.17) is 11.6 Å². The molecule has 0 bridgehead atoms. The minimum Gasteiger partial charge on any atom is -0.0840 e. The van der Waals surface area contributed by atoms with Gasteiger partial charge in [0.25, 0.3) is 0 Å². The fourth-order valence-electron chi connectivity index (χ4n) is 0.664. The molecule has 1 aromatic rings. The van der Waals surface area contributed by atoms with Crippen LogP contribution in [0, 0.1) is 6.42 Å². The SMILES string of the molecule is C[C]c1ccccc1Cl. The first kappa shape index (κ1) is 6.63. The van der Waals surface area contributed by atoms with E-state index in [0.717, 1.165) is 10.6 Å². The van der Waals surface area contributed by atoms with E-state index in [1.165, 1.54) is 0 Å². The summed E-state index contributed by atoms with van der Waals surface area (Å²) in [4.78, 5) is 0. The van der Waals surface area contributed by atoms with E-state index in [-0.39, 0.29) is 0 Å². The van der Waals surface area contributed by atoms with Crippen molar-refractivity contribution < 1.29 is 0 Å². The Balaban J connectivity index is 3.01. The summed E-state index contributed by atoms with van der Waals surface area (Å²) in [5.41, 5.74) is 0.971. The molecule has 0 aliphatic carbocycles. The quantitative estimate of drug-likeness (QED) is 0.560. The average Bonchev–Trinajstić information content (AvgIpc) is 1.89. The first-order chi connectivity index (χ1) is 4.34. The summed E-state index contributed by atoms with van der Waals surface area (Å²) in [7, 11) is 0. The van der Waals surface area contributed by atoms with Gasteiger partial charge in [0.2, 0.25) is 0 Å². The Hall–Kier alpha value is -0.490. The van der Waals surface area contributed by atoms with Crippen molar-refractivity contribution in [1.82, 2.24) is 0 Å². The molecule has 2 radical (unpaired) electrons. The van der Waals surface area contributed by atoms with Crippen LogP contribution in [0.3, 0.4) is 0 Å². The van der Waals surface area contributed by atoms with Gasteiger partial charge < -0.3 is 0 Å². The molecule has 0 nitrogen and oxygen atoms in total. The fourth-order valence-corrected chi connectivity index (χ4v) is 0.894. The van der Waals surface area contributed by atoms with Crippen LogP contribution in [-0.4, -0.2) is 0 Å². The number of benzene rings is 1. The van der Waals surface area contributed by atoms with Crippen LogP contribution >= 0.6 is 11.6 Å². The van der Waals surface area contributed by atoms with Crippen molar-refractivity contribution in [3.05, 3.63) is 41.3 Å². The fraction of sp³-hybridized carbons (Fsp3) is 0.125. The molecule has 0 fully saturated rings. The van der Waals surface area contributed by atoms with Gasteiger partial charge in [-0.25, -0.2) is 0 Å². The van der Waals surface area contributed by atoms with Gasteiger partial charge in [-0.1, -0.05) is 36.7 Å². The summed E-state index contributed by atoms with van der Waals surface area (Å²) >= 11 is 5.76. The van der Waals surface area contributed by atoms with E-state index >= 15 is 0 Å². The Morgan fingerprint density at radius 2 is 2.00 bits per heavy atom. The molecule has 0 aliphatic rings. The lowest BCUT2D eigenvalue weighted by atomic mass is 10.2. The lowest BCUT2D eigenvalue weighted by Gasteiger charge is -1.95. The summed E-state index contributed by atoms with van der Waals surface area (Å²) in [6, 6.07) is 7.64. The van der Waals surface area contributed by atoms with Gasteiger partial charge in [-0.05, 0) is 11.6 Å². The Labute approximate surface area is 60.5 Å². The van der Waals surface area contributed by atoms with Gasteiger partial charge in [-0.2, -0.15) is 0 Å². The predicted molar refractivity (Wildman–Crippen MR) is 39.5 cm³/mol. The predicted octanol–water partition coefficient (Wildman–Crippen LogP) is 2.79. The van der Waals surface area contributed by atoms with Crippen molar-refractivity contribution in [2.75, 3.05) is 0 Å². The molecular formula is C8H7Cl. The van der Waals surface area contributed by atoms with E-state index in [0.29, 0.717) is 0 Å². The molecule has 0 aliphatic heterocycles. The van der Waals surface area contributed by atoms with Crippen molar-refractivity contribution in [1.29, 1.82) is 0 Å². The van der Waals surface area contributed by atoms with Crippen molar-refractivity contribution in [2.24, 2.45) is 0 Å². The maximum Gasteiger partial charge on any atom is 0.0444 e. The van der Waals surface area contributed by atoms with Crippen molar-refractivity contribution >= 4 is 11.6 Å². The van der Waals surface area contributed by atoms with Crippen LogP contribution in [0.5, 0.6) is 0 Å². The minimum atomic E-state index is 0.764. The topological polar surface area (TPSA) is 0 Å². The summed E-state index contributed by atoms with van der Waals surface area (Å²) in [6.45, 7) is 1.85. The molecular weight excluding hydrogens is 132 g/mol. The smallest absolute Gasteiger partial charge is 0.0444 e. The lowest BCUT2D eigenvalue weighted by molar-refractivity contribution is 1.42. The summed E-state index contributed by atoms with van der Waals surface area (Å²) in [6.07, 6.45) is 2.96. The molecule has 0 aromatic heterocycles. The van der Waals surface area contributed by atoms with E-state index < -0.39 is 0 Å². The maximum absolute atomic E-state index is 5.76. The van der Waals surface area contributed by atoms with E-state index in [2.05, 4.69) is 6.42 Å². The largest absolute Gasteiger partial charge is 0.0840 e. The molecule has 0 atom stereocenters. The molecule has 0 saturated heterocycles. The van der Waals surface area contributed by atoms with Crippen molar-refractivity contribution in [3.63, 3.8) is 0 Å². The summed E-state index contributed by atoms with van der Waals surface area (Å²) in [5, 5.41) is 0.764. The highest BCUT2D eigenvalue weighted by molar-refractivity contribution is 6.31. The highest BCUT2D eigenvalue weighted by Gasteiger charge is 1.92. The monoisotopic (exact) mass is 138 g/mol. The third kappa shape index (κ3) is 1.46. The van der Waals surface area contributed by atoms with Crippen LogP contribution in [0.25, 0.3) is 0 Å². The van der Waals surface area contributed by atoms with Gasteiger partial charge in [0.05, 0.1) is 0 Å². The van der Waals surface area contributed by atoms with E-state index in [1.807, 2.05) is 31.2 Å². The zero-order valence-electron chi connectivity index (χ0n) is 5.19. The van der Waals surface area contributed by atoms with Crippen LogP contribution in [0.4, 0.5) is 0 Å². The van der Waals surface area contributed by atoms with Gasteiger partial charge in [0, 0.05) is 11.4 Å². The summed E-state index contributed by atoms with van der Waals surface area (Å²) in [5.74, 6) is 0. The Kier molecular flexibility index (Phi) is 2.12. The first-order valence-corrected chi connectivity index (χ1v) is 3.14. The zero-order valence-corrected chi connectivity index (χ0v) is 5.94. The standard InChI is InChI=1S/C8H7Cl/c1-2-7-5-3-4-6-8(7)9/h3-6H,1H3. The van der Waals surface area contributed by atoms with Gasteiger partial charge in [-0.15, -0.1) is 0 Å². The van der Waals surface area contributed by atoms with Crippen LogP contribution in [0.1, 0.15) is 12.5 Å². The molecule has 0 amide bonds. The molecule has 0 N–H and O–H groups in total. The second-order valence-corrected chi connectivity index (χ2v) is 2.14. The third-order valence-corrected chi connectivity index (χ3v) is 1.47. The van der Waals surface area contributed by atoms with Gasteiger partial charge >= 0.3 is 0 Å². The number of hydrogen-bond acceptors (Lipinski definition) is 0. The second-order valence-electron chi connectivity index (χ2n) is 1.73. The molecule has 46 valence electrons. The summed E-state index contributed by atoms with van der Waals surface area (Å²) < 4.78 is 0. The molecule has 0 saturated carbocycles. The van der Waals surface area contributed by atoms with Crippen LogP contribution in [0.2, 0.25) is 5.02 Å². The Morgan fingerprint density at radius 3 is 2.44 bits per heavy atom. The average molecular weight is 139 g/mol. The van der Waals surface area contributed by atoms with Crippen LogP contribution in [0.15, 0.2) is 24.3 Å². The van der Waals surface area contributed by atoms with Crippen LogP contribution < -0.4 is 0 Å². The third-order valence-electron chi connectivity index (χ3n) is 1.14. The van der Waals surface area contributed by atoms with E-state index in [9.17, 15) is 0 Å². The molecule has 0 heterocycles. The Bertz CT molecular complexity index is 194. The van der Waals surface area contributed by atoms with E-state index in [1.54, 1.807) is 0 Å². The minimum absolute atomic E-state index is 0.764. The number of rotatable bonds is 1. The molecule has 1 aromatic carbocycles. The second kappa shape index (κ2) is 2.88. The zero-order chi connectivity index (χ0) is 6.69. The number of halogens is 1. The maximum atomic E-state index is 5.76. The molecule has 1 rings (SSSR count). The van der Waals surface area contributed by atoms with Crippen molar-refractivity contribution in [3.8, 4) is 0 Å². The lowest BCUT2D eigenvalue weighted by Crippen LogP contribution is -1.75.